The highest BCUT2D eigenvalue weighted by Crippen LogP contribution is 2.12. The van der Waals surface area contributed by atoms with E-state index in [9.17, 15) is 4.79 Å². The number of hydrogen-bond donors (Lipinski definition) is 1. The molecule has 0 saturated heterocycles. The zero-order valence-corrected chi connectivity index (χ0v) is 10.5. The molecule has 0 radical (unpaired) electrons. The van der Waals surface area contributed by atoms with Gasteiger partial charge in [-0.15, -0.1) is 0 Å². The van der Waals surface area contributed by atoms with Crippen molar-refractivity contribution in [1.82, 2.24) is 14.7 Å². The molecule has 90 valence electrons. The van der Waals surface area contributed by atoms with Crippen molar-refractivity contribution in [3.05, 3.63) is 35.2 Å². The van der Waals surface area contributed by atoms with E-state index < -0.39 is 0 Å². The summed E-state index contributed by atoms with van der Waals surface area (Å²) in [7, 11) is 0. The normalized spacial score (nSPS) is 11.1. The Bertz CT molecular complexity index is 548. The second kappa shape index (κ2) is 4.75. The molecule has 1 N–H and O–H groups in total. The van der Waals surface area contributed by atoms with Gasteiger partial charge in [-0.3, -0.25) is 4.79 Å². The van der Waals surface area contributed by atoms with E-state index in [2.05, 4.69) is 10.3 Å². The standard InChI is InChI=1S/C12H14ClN3O/c1-8(2)12(17)14-6-10-7-16-4-3-9(13)5-11(16)15-10/h3-5,7-8H,6H2,1-2H3,(H,14,17). The molecular formula is C12H14ClN3O. The summed E-state index contributed by atoms with van der Waals surface area (Å²) >= 11 is 5.87. The summed E-state index contributed by atoms with van der Waals surface area (Å²) in [6, 6.07) is 3.59. The zero-order valence-electron chi connectivity index (χ0n) is 9.77. The van der Waals surface area contributed by atoms with E-state index in [1.807, 2.05) is 30.6 Å². The summed E-state index contributed by atoms with van der Waals surface area (Å²) in [6.45, 7) is 4.16. The molecule has 0 bridgehead atoms. The summed E-state index contributed by atoms with van der Waals surface area (Å²) in [6.07, 6.45) is 3.73. The predicted octanol–water partition coefficient (Wildman–Crippen LogP) is 2.26. The van der Waals surface area contributed by atoms with E-state index in [1.165, 1.54) is 0 Å². The quantitative estimate of drug-likeness (QED) is 0.910. The van der Waals surface area contributed by atoms with E-state index >= 15 is 0 Å². The highest BCUT2D eigenvalue weighted by molar-refractivity contribution is 6.30. The number of fused-ring (bicyclic) bond motifs is 1. The van der Waals surface area contributed by atoms with Crippen LogP contribution < -0.4 is 5.32 Å². The number of carbonyl (C=O) groups is 1. The Morgan fingerprint density at radius 1 is 1.59 bits per heavy atom. The number of nitrogens with one attached hydrogen (secondary N) is 1. The first-order valence-electron chi connectivity index (χ1n) is 5.47. The number of aromatic nitrogens is 2. The smallest absolute Gasteiger partial charge is 0.222 e. The minimum absolute atomic E-state index is 0.0125. The van der Waals surface area contributed by atoms with Crippen molar-refractivity contribution in [3.63, 3.8) is 0 Å². The summed E-state index contributed by atoms with van der Waals surface area (Å²) < 4.78 is 1.88. The number of nitrogens with zero attached hydrogens (tertiary/aromatic N) is 2. The SMILES string of the molecule is CC(C)C(=O)NCc1cn2ccc(Cl)cc2n1. The molecule has 0 unspecified atom stereocenters. The third-order valence-corrected chi connectivity index (χ3v) is 2.68. The third-order valence-electron chi connectivity index (χ3n) is 2.44. The van der Waals surface area contributed by atoms with Gasteiger partial charge in [0.05, 0.1) is 12.2 Å². The lowest BCUT2D eigenvalue weighted by Gasteiger charge is -2.04. The number of pyridine rings is 1. The molecule has 5 heteroatoms. The zero-order chi connectivity index (χ0) is 12.4. The molecule has 0 aromatic carbocycles. The van der Waals surface area contributed by atoms with Gasteiger partial charge in [0, 0.05) is 23.3 Å². The van der Waals surface area contributed by atoms with Crippen molar-refractivity contribution in [2.24, 2.45) is 5.92 Å². The number of rotatable bonds is 3. The first kappa shape index (κ1) is 11.9. The van der Waals surface area contributed by atoms with Crippen LogP contribution in [0.5, 0.6) is 0 Å². The molecule has 17 heavy (non-hydrogen) atoms. The molecule has 0 aliphatic carbocycles. The van der Waals surface area contributed by atoms with Crippen LogP contribution in [0.15, 0.2) is 24.5 Å². The van der Waals surface area contributed by atoms with E-state index in [1.54, 1.807) is 12.1 Å². The Labute approximate surface area is 105 Å². The molecule has 2 heterocycles. The lowest BCUT2D eigenvalue weighted by atomic mass is 10.2. The van der Waals surface area contributed by atoms with Gasteiger partial charge in [0.15, 0.2) is 0 Å². The molecule has 4 nitrogen and oxygen atoms in total. The monoisotopic (exact) mass is 251 g/mol. The van der Waals surface area contributed by atoms with Crippen molar-refractivity contribution in [2.45, 2.75) is 20.4 Å². The third kappa shape index (κ3) is 2.77. The molecule has 2 aromatic heterocycles. The number of halogens is 1. The highest BCUT2D eigenvalue weighted by atomic mass is 35.5. The van der Waals surface area contributed by atoms with Crippen molar-refractivity contribution in [3.8, 4) is 0 Å². The van der Waals surface area contributed by atoms with Crippen molar-refractivity contribution in [1.29, 1.82) is 0 Å². The van der Waals surface area contributed by atoms with Gasteiger partial charge in [-0.25, -0.2) is 4.98 Å². The maximum absolute atomic E-state index is 11.4. The molecule has 2 rings (SSSR count). The summed E-state index contributed by atoms with van der Waals surface area (Å²) in [5, 5.41) is 3.48. The van der Waals surface area contributed by atoms with E-state index in [4.69, 9.17) is 11.6 Å². The topological polar surface area (TPSA) is 46.4 Å². The minimum Gasteiger partial charge on any atom is -0.350 e. The van der Waals surface area contributed by atoms with E-state index in [-0.39, 0.29) is 11.8 Å². The van der Waals surface area contributed by atoms with Gasteiger partial charge in [0.1, 0.15) is 5.65 Å². The van der Waals surface area contributed by atoms with E-state index in [0.29, 0.717) is 11.6 Å². The van der Waals surface area contributed by atoms with Crippen molar-refractivity contribution in [2.75, 3.05) is 0 Å². The fourth-order valence-corrected chi connectivity index (χ4v) is 1.63. The maximum Gasteiger partial charge on any atom is 0.222 e. The number of amides is 1. The molecule has 0 fully saturated rings. The van der Waals surface area contributed by atoms with Crippen LogP contribution in [0.2, 0.25) is 5.02 Å². The fraction of sp³-hybridized carbons (Fsp3) is 0.333. The van der Waals surface area contributed by atoms with Crippen LogP contribution in [0.25, 0.3) is 5.65 Å². The Kier molecular flexibility index (Phi) is 3.33. The van der Waals surface area contributed by atoms with Crippen LogP contribution in [-0.2, 0) is 11.3 Å². The molecule has 2 aromatic rings. The first-order valence-corrected chi connectivity index (χ1v) is 5.85. The van der Waals surface area contributed by atoms with Crippen LogP contribution >= 0.6 is 11.6 Å². The van der Waals surface area contributed by atoms with Crippen LogP contribution in [-0.4, -0.2) is 15.3 Å². The summed E-state index contributed by atoms with van der Waals surface area (Å²) in [5.74, 6) is 0.0153. The maximum atomic E-state index is 11.4. The average molecular weight is 252 g/mol. The van der Waals surface area contributed by atoms with Gasteiger partial charge in [-0.2, -0.15) is 0 Å². The summed E-state index contributed by atoms with van der Waals surface area (Å²) in [5.41, 5.74) is 1.60. The second-order valence-corrected chi connectivity index (χ2v) is 4.65. The number of carbonyl (C=O) groups excluding carboxylic acids is 1. The fourth-order valence-electron chi connectivity index (χ4n) is 1.48. The van der Waals surface area contributed by atoms with E-state index in [0.717, 1.165) is 11.3 Å². The average Bonchev–Trinajstić information content (AvgIpc) is 2.67. The second-order valence-electron chi connectivity index (χ2n) is 4.22. The van der Waals surface area contributed by atoms with Gasteiger partial charge >= 0.3 is 0 Å². The minimum atomic E-state index is -0.0125. The molecule has 1 amide bonds. The van der Waals surface area contributed by atoms with Crippen LogP contribution in [0.1, 0.15) is 19.5 Å². The van der Waals surface area contributed by atoms with Gasteiger partial charge < -0.3 is 9.72 Å². The molecular weight excluding hydrogens is 238 g/mol. The number of imidazole rings is 1. The molecule has 0 atom stereocenters. The van der Waals surface area contributed by atoms with Crippen LogP contribution in [0.4, 0.5) is 0 Å². The first-order chi connectivity index (χ1) is 8.06. The largest absolute Gasteiger partial charge is 0.350 e. The van der Waals surface area contributed by atoms with Crippen LogP contribution in [0.3, 0.4) is 0 Å². The molecule has 0 spiro atoms. The van der Waals surface area contributed by atoms with Crippen molar-refractivity contribution >= 4 is 23.2 Å². The predicted molar refractivity (Wildman–Crippen MR) is 66.9 cm³/mol. The molecule has 0 saturated carbocycles. The van der Waals surface area contributed by atoms with Gasteiger partial charge in [0.25, 0.3) is 0 Å². The lowest BCUT2D eigenvalue weighted by Crippen LogP contribution is -2.27. The lowest BCUT2D eigenvalue weighted by molar-refractivity contribution is -0.124. The Balaban J connectivity index is 2.12. The Morgan fingerprint density at radius 2 is 2.35 bits per heavy atom. The Morgan fingerprint density at radius 3 is 3.06 bits per heavy atom. The summed E-state index contributed by atoms with van der Waals surface area (Å²) in [4.78, 5) is 15.8. The van der Waals surface area contributed by atoms with Gasteiger partial charge in [-0.1, -0.05) is 25.4 Å². The Hall–Kier alpha value is -1.55. The number of hydrogen-bond acceptors (Lipinski definition) is 2. The van der Waals surface area contributed by atoms with Gasteiger partial charge in [-0.05, 0) is 12.1 Å². The highest BCUT2D eigenvalue weighted by Gasteiger charge is 2.07. The van der Waals surface area contributed by atoms with Crippen LogP contribution in [0, 0.1) is 5.92 Å². The van der Waals surface area contributed by atoms with Gasteiger partial charge in [0.2, 0.25) is 5.91 Å². The van der Waals surface area contributed by atoms with Crippen molar-refractivity contribution < 1.29 is 4.79 Å². The molecule has 0 aliphatic heterocycles. The molecule has 0 aliphatic rings.